The quantitative estimate of drug-likeness (QED) is 0.729. The second kappa shape index (κ2) is 8.75. The van der Waals surface area contributed by atoms with Crippen LogP contribution in [0.4, 0.5) is 0 Å². The largest absolute Gasteiger partial charge is 0.321 e. The minimum atomic E-state index is -0.284. The highest BCUT2D eigenvalue weighted by Gasteiger charge is 2.12. The molecule has 1 atom stereocenters. The van der Waals surface area contributed by atoms with E-state index in [1.54, 1.807) is 0 Å². The third kappa shape index (κ3) is 6.27. The first-order valence-electron chi connectivity index (χ1n) is 4.26. The SMILES string of the molecule is Cl.Cl.NC(C=O)CN1CCCCC1. The summed E-state index contributed by atoms with van der Waals surface area (Å²) in [5.41, 5.74) is 5.49. The van der Waals surface area contributed by atoms with Crippen LogP contribution in [0.15, 0.2) is 0 Å². The Balaban J connectivity index is 0. The van der Waals surface area contributed by atoms with Crippen LogP contribution in [-0.2, 0) is 4.79 Å². The number of nitrogens with two attached hydrogens (primary N) is 1. The van der Waals surface area contributed by atoms with Gasteiger partial charge in [0.25, 0.3) is 0 Å². The number of carbonyl (C=O) groups excluding carboxylic acids is 1. The summed E-state index contributed by atoms with van der Waals surface area (Å²) in [6.07, 6.45) is 4.67. The van der Waals surface area contributed by atoms with Gasteiger partial charge in [0.15, 0.2) is 0 Å². The van der Waals surface area contributed by atoms with Gasteiger partial charge in [-0.1, -0.05) is 6.42 Å². The van der Waals surface area contributed by atoms with Gasteiger partial charge >= 0.3 is 0 Å². The van der Waals surface area contributed by atoms with Gasteiger partial charge in [-0.3, -0.25) is 0 Å². The number of likely N-dealkylation sites (tertiary alicyclic amines) is 1. The minimum absolute atomic E-state index is 0. The summed E-state index contributed by atoms with van der Waals surface area (Å²) >= 11 is 0. The molecule has 80 valence electrons. The molecule has 5 heteroatoms. The summed E-state index contributed by atoms with van der Waals surface area (Å²) in [6, 6.07) is -0.284. The van der Waals surface area contributed by atoms with Crippen molar-refractivity contribution < 1.29 is 4.79 Å². The summed E-state index contributed by atoms with van der Waals surface area (Å²) in [5, 5.41) is 0. The number of aldehydes is 1. The monoisotopic (exact) mass is 228 g/mol. The number of halogens is 2. The molecule has 0 spiro atoms. The van der Waals surface area contributed by atoms with E-state index in [1.807, 2.05) is 0 Å². The van der Waals surface area contributed by atoms with Crippen molar-refractivity contribution in [3.8, 4) is 0 Å². The number of carbonyl (C=O) groups is 1. The molecule has 0 aromatic heterocycles. The van der Waals surface area contributed by atoms with E-state index < -0.39 is 0 Å². The van der Waals surface area contributed by atoms with E-state index >= 15 is 0 Å². The van der Waals surface area contributed by atoms with Gasteiger partial charge in [0.05, 0.1) is 6.04 Å². The van der Waals surface area contributed by atoms with Crippen molar-refractivity contribution in [1.82, 2.24) is 4.90 Å². The molecule has 1 aliphatic rings. The van der Waals surface area contributed by atoms with Crippen molar-refractivity contribution >= 4 is 31.1 Å². The molecule has 0 radical (unpaired) electrons. The van der Waals surface area contributed by atoms with Gasteiger partial charge in [-0.2, -0.15) is 0 Å². The van der Waals surface area contributed by atoms with Gasteiger partial charge in [0.2, 0.25) is 0 Å². The smallest absolute Gasteiger partial charge is 0.137 e. The van der Waals surface area contributed by atoms with Gasteiger partial charge in [-0.25, -0.2) is 0 Å². The number of hydrogen-bond donors (Lipinski definition) is 1. The van der Waals surface area contributed by atoms with E-state index in [9.17, 15) is 4.79 Å². The number of hydrogen-bond acceptors (Lipinski definition) is 3. The van der Waals surface area contributed by atoms with Crippen molar-refractivity contribution in [2.75, 3.05) is 19.6 Å². The van der Waals surface area contributed by atoms with Crippen LogP contribution in [0.2, 0.25) is 0 Å². The number of rotatable bonds is 3. The molecule has 3 nitrogen and oxygen atoms in total. The molecule has 1 saturated heterocycles. The Bertz CT molecular complexity index is 129. The Morgan fingerprint density at radius 1 is 1.23 bits per heavy atom. The normalized spacial score (nSPS) is 19.5. The van der Waals surface area contributed by atoms with E-state index in [-0.39, 0.29) is 30.9 Å². The Kier molecular flexibility index (Phi) is 10.5. The van der Waals surface area contributed by atoms with E-state index in [0.717, 1.165) is 25.9 Å². The summed E-state index contributed by atoms with van der Waals surface area (Å²) < 4.78 is 0. The molecule has 13 heavy (non-hydrogen) atoms. The van der Waals surface area contributed by atoms with E-state index in [2.05, 4.69) is 4.90 Å². The Hall–Kier alpha value is 0.170. The second-order valence-electron chi connectivity index (χ2n) is 3.16. The van der Waals surface area contributed by atoms with Crippen molar-refractivity contribution in [2.24, 2.45) is 5.73 Å². The van der Waals surface area contributed by atoms with Gasteiger partial charge < -0.3 is 15.4 Å². The molecule has 1 unspecified atom stereocenters. The fourth-order valence-electron chi connectivity index (χ4n) is 1.48. The van der Waals surface area contributed by atoms with Crippen LogP contribution < -0.4 is 5.73 Å². The lowest BCUT2D eigenvalue weighted by molar-refractivity contribution is -0.109. The number of nitrogens with zero attached hydrogens (tertiary/aromatic N) is 1. The first kappa shape index (κ1) is 15.6. The van der Waals surface area contributed by atoms with Gasteiger partial charge in [-0.15, -0.1) is 24.8 Å². The van der Waals surface area contributed by atoms with Gasteiger partial charge in [0, 0.05) is 6.54 Å². The average Bonchev–Trinajstić information content (AvgIpc) is 2.06. The standard InChI is InChI=1S/C8H16N2O.2ClH/c9-8(7-11)6-10-4-2-1-3-5-10;;/h7-8H,1-6,9H2;2*1H. The van der Waals surface area contributed by atoms with Crippen molar-refractivity contribution in [2.45, 2.75) is 25.3 Å². The lowest BCUT2D eigenvalue weighted by Gasteiger charge is -2.27. The van der Waals surface area contributed by atoms with Crippen molar-refractivity contribution in [1.29, 1.82) is 0 Å². The summed E-state index contributed by atoms with van der Waals surface area (Å²) in [7, 11) is 0. The first-order valence-corrected chi connectivity index (χ1v) is 4.26. The van der Waals surface area contributed by atoms with E-state index in [4.69, 9.17) is 5.73 Å². The minimum Gasteiger partial charge on any atom is -0.321 e. The molecular formula is C8H18Cl2N2O. The third-order valence-corrected chi connectivity index (χ3v) is 2.09. The second-order valence-corrected chi connectivity index (χ2v) is 3.16. The Labute approximate surface area is 91.9 Å². The highest BCUT2D eigenvalue weighted by molar-refractivity contribution is 5.85. The fraction of sp³-hybridized carbons (Fsp3) is 0.875. The first-order chi connectivity index (χ1) is 5.33. The van der Waals surface area contributed by atoms with Crippen LogP contribution in [0.25, 0.3) is 0 Å². The molecular weight excluding hydrogens is 211 g/mol. The molecule has 0 aromatic carbocycles. The maximum atomic E-state index is 10.2. The molecule has 0 bridgehead atoms. The molecule has 0 saturated carbocycles. The summed E-state index contributed by atoms with van der Waals surface area (Å²) in [5.74, 6) is 0. The van der Waals surface area contributed by atoms with Crippen LogP contribution in [0.1, 0.15) is 19.3 Å². The zero-order valence-corrected chi connectivity index (χ0v) is 9.28. The summed E-state index contributed by atoms with van der Waals surface area (Å²) in [4.78, 5) is 12.5. The van der Waals surface area contributed by atoms with Crippen LogP contribution in [0.3, 0.4) is 0 Å². The van der Waals surface area contributed by atoms with Crippen molar-refractivity contribution in [3.63, 3.8) is 0 Å². The predicted octanol–water partition coefficient (Wildman–Crippen LogP) is 0.842. The average molecular weight is 229 g/mol. The van der Waals surface area contributed by atoms with Crippen LogP contribution in [-0.4, -0.2) is 36.9 Å². The van der Waals surface area contributed by atoms with E-state index in [0.29, 0.717) is 0 Å². The number of piperidine rings is 1. The van der Waals surface area contributed by atoms with E-state index in [1.165, 1.54) is 19.3 Å². The van der Waals surface area contributed by atoms with Crippen LogP contribution in [0, 0.1) is 0 Å². The molecule has 1 fully saturated rings. The highest BCUT2D eigenvalue weighted by Crippen LogP contribution is 2.07. The zero-order chi connectivity index (χ0) is 8.10. The van der Waals surface area contributed by atoms with Gasteiger partial charge in [0.1, 0.15) is 6.29 Å². The predicted molar refractivity (Wildman–Crippen MR) is 58.8 cm³/mol. The zero-order valence-electron chi connectivity index (χ0n) is 7.65. The summed E-state index contributed by atoms with van der Waals surface area (Å²) in [6.45, 7) is 2.96. The molecule has 2 N–H and O–H groups in total. The Morgan fingerprint density at radius 2 is 1.77 bits per heavy atom. The lowest BCUT2D eigenvalue weighted by atomic mass is 10.1. The van der Waals surface area contributed by atoms with Crippen LogP contribution >= 0.6 is 24.8 Å². The molecule has 0 aromatic rings. The maximum Gasteiger partial charge on any atom is 0.137 e. The topological polar surface area (TPSA) is 46.3 Å². The van der Waals surface area contributed by atoms with Crippen LogP contribution in [0.5, 0.6) is 0 Å². The lowest BCUT2D eigenvalue weighted by Crippen LogP contribution is -2.40. The van der Waals surface area contributed by atoms with Gasteiger partial charge in [-0.05, 0) is 25.9 Å². The Morgan fingerprint density at radius 3 is 2.23 bits per heavy atom. The molecule has 1 heterocycles. The third-order valence-electron chi connectivity index (χ3n) is 2.09. The molecule has 0 aliphatic carbocycles. The fourth-order valence-corrected chi connectivity index (χ4v) is 1.48. The highest BCUT2D eigenvalue weighted by atomic mass is 35.5. The van der Waals surface area contributed by atoms with Crippen molar-refractivity contribution in [3.05, 3.63) is 0 Å². The molecule has 1 rings (SSSR count). The maximum absolute atomic E-state index is 10.2. The molecule has 0 amide bonds. The molecule has 1 aliphatic heterocycles.